The van der Waals surface area contributed by atoms with Crippen LogP contribution in [0.15, 0.2) is 59.5 Å². The Labute approximate surface area is 142 Å². The van der Waals surface area contributed by atoms with Crippen LogP contribution >= 0.6 is 23.1 Å². The highest BCUT2D eigenvalue weighted by Crippen LogP contribution is 2.30. The number of benzene rings is 2. The second kappa shape index (κ2) is 6.85. The SMILES string of the molecule is CSc1ccc(Nc2nc(N)c(C(=O)c3ccccc3)s2)cc1. The largest absolute Gasteiger partial charge is 0.382 e. The summed E-state index contributed by atoms with van der Waals surface area (Å²) in [5.41, 5.74) is 7.44. The molecule has 0 saturated carbocycles. The minimum atomic E-state index is -0.105. The van der Waals surface area contributed by atoms with E-state index in [9.17, 15) is 4.79 Å². The van der Waals surface area contributed by atoms with Crippen molar-refractivity contribution < 1.29 is 4.79 Å². The topological polar surface area (TPSA) is 68.0 Å². The van der Waals surface area contributed by atoms with Crippen molar-refractivity contribution in [2.24, 2.45) is 0 Å². The minimum Gasteiger partial charge on any atom is -0.382 e. The number of rotatable bonds is 5. The molecule has 0 atom stereocenters. The molecule has 6 heteroatoms. The highest BCUT2D eigenvalue weighted by Gasteiger charge is 2.17. The van der Waals surface area contributed by atoms with Crippen LogP contribution in [-0.4, -0.2) is 17.0 Å². The molecular weight excluding hydrogens is 326 g/mol. The third-order valence-corrected chi connectivity index (χ3v) is 4.97. The zero-order valence-electron chi connectivity index (χ0n) is 12.4. The summed E-state index contributed by atoms with van der Waals surface area (Å²) in [6, 6.07) is 17.1. The fourth-order valence-electron chi connectivity index (χ4n) is 2.07. The number of anilines is 3. The molecule has 0 aliphatic heterocycles. The highest BCUT2D eigenvalue weighted by atomic mass is 32.2. The molecular formula is C17H15N3OS2. The van der Waals surface area contributed by atoms with Gasteiger partial charge >= 0.3 is 0 Å². The van der Waals surface area contributed by atoms with E-state index in [1.807, 2.05) is 48.7 Å². The van der Waals surface area contributed by atoms with Gasteiger partial charge in [-0.3, -0.25) is 4.79 Å². The van der Waals surface area contributed by atoms with Crippen LogP contribution in [0.1, 0.15) is 15.2 Å². The van der Waals surface area contributed by atoms with Crippen LogP contribution in [0, 0.1) is 0 Å². The van der Waals surface area contributed by atoms with Crippen molar-refractivity contribution in [1.29, 1.82) is 0 Å². The van der Waals surface area contributed by atoms with Crippen molar-refractivity contribution in [3.63, 3.8) is 0 Å². The Hall–Kier alpha value is -2.31. The van der Waals surface area contributed by atoms with E-state index in [-0.39, 0.29) is 11.6 Å². The first-order valence-corrected chi connectivity index (χ1v) is 8.98. The van der Waals surface area contributed by atoms with Gasteiger partial charge in [0.1, 0.15) is 10.7 Å². The number of nitrogens with two attached hydrogens (primary N) is 1. The van der Waals surface area contributed by atoms with Crippen molar-refractivity contribution >= 4 is 45.5 Å². The van der Waals surface area contributed by atoms with Crippen LogP contribution in [-0.2, 0) is 0 Å². The second-order valence-corrected chi connectivity index (χ2v) is 6.66. The molecule has 23 heavy (non-hydrogen) atoms. The zero-order valence-corrected chi connectivity index (χ0v) is 14.1. The van der Waals surface area contributed by atoms with Gasteiger partial charge in [0.2, 0.25) is 5.78 Å². The first kappa shape index (κ1) is 15.6. The number of thiazole rings is 1. The van der Waals surface area contributed by atoms with E-state index in [0.717, 1.165) is 5.69 Å². The number of nitrogens with zero attached hydrogens (tertiary/aromatic N) is 1. The van der Waals surface area contributed by atoms with Gasteiger partial charge in [0.05, 0.1) is 0 Å². The van der Waals surface area contributed by atoms with Crippen molar-refractivity contribution in [3.8, 4) is 0 Å². The standard InChI is InChI=1S/C17H15N3OS2/c1-22-13-9-7-12(8-10-13)19-17-20-16(18)15(23-17)14(21)11-5-3-2-4-6-11/h2-10H,18H2,1H3,(H,19,20). The predicted molar refractivity (Wildman–Crippen MR) is 97.9 cm³/mol. The van der Waals surface area contributed by atoms with Crippen LogP contribution in [0.4, 0.5) is 16.6 Å². The molecule has 2 aromatic carbocycles. The summed E-state index contributed by atoms with van der Waals surface area (Å²) in [5, 5.41) is 3.80. The first-order chi connectivity index (χ1) is 11.2. The Balaban J connectivity index is 1.81. The average Bonchev–Trinajstić information content (AvgIpc) is 2.96. The molecule has 0 unspecified atom stereocenters. The third kappa shape index (κ3) is 3.55. The summed E-state index contributed by atoms with van der Waals surface area (Å²) in [6.07, 6.45) is 2.03. The molecule has 3 N–H and O–H groups in total. The summed E-state index contributed by atoms with van der Waals surface area (Å²) < 4.78 is 0. The molecule has 0 aliphatic carbocycles. The molecule has 3 rings (SSSR count). The monoisotopic (exact) mass is 341 g/mol. The zero-order chi connectivity index (χ0) is 16.2. The van der Waals surface area contributed by atoms with Gasteiger partial charge in [-0.2, -0.15) is 0 Å². The molecule has 4 nitrogen and oxygen atoms in total. The molecule has 0 aliphatic rings. The Bertz CT molecular complexity index is 814. The highest BCUT2D eigenvalue weighted by molar-refractivity contribution is 7.98. The Morgan fingerprint density at radius 2 is 1.83 bits per heavy atom. The van der Waals surface area contributed by atoms with Crippen LogP contribution < -0.4 is 11.1 Å². The molecule has 0 fully saturated rings. The van der Waals surface area contributed by atoms with Crippen molar-refractivity contribution in [2.75, 3.05) is 17.3 Å². The number of ketones is 1. The Morgan fingerprint density at radius 1 is 1.13 bits per heavy atom. The number of hydrogen-bond acceptors (Lipinski definition) is 6. The van der Waals surface area contributed by atoms with Gasteiger partial charge in [-0.25, -0.2) is 4.98 Å². The maximum atomic E-state index is 12.5. The molecule has 3 aromatic rings. The number of carbonyl (C=O) groups is 1. The molecule has 0 saturated heterocycles. The lowest BCUT2D eigenvalue weighted by Crippen LogP contribution is -2.02. The summed E-state index contributed by atoms with van der Waals surface area (Å²) >= 11 is 2.95. The van der Waals surface area contributed by atoms with Crippen molar-refractivity contribution in [1.82, 2.24) is 4.98 Å². The van der Waals surface area contributed by atoms with E-state index in [4.69, 9.17) is 5.73 Å². The Morgan fingerprint density at radius 3 is 2.48 bits per heavy atom. The van der Waals surface area contributed by atoms with Gasteiger partial charge in [0, 0.05) is 16.1 Å². The maximum Gasteiger partial charge on any atom is 0.206 e. The summed E-state index contributed by atoms with van der Waals surface area (Å²) in [5.74, 6) is 0.151. The van der Waals surface area contributed by atoms with Gasteiger partial charge in [-0.15, -0.1) is 11.8 Å². The number of thioether (sulfide) groups is 1. The van der Waals surface area contributed by atoms with E-state index in [1.54, 1.807) is 23.9 Å². The van der Waals surface area contributed by atoms with Crippen LogP contribution in [0.25, 0.3) is 0 Å². The number of aromatic nitrogens is 1. The normalized spacial score (nSPS) is 10.5. The van der Waals surface area contributed by atoms with E-state index in [1.165, 1.54) is 16.2 Å². The summed E-state index contributed by atoms with van der Waals surface area (Å²) in [4.78, 5) is 18.4. The summed E-state index contributed by atoms with van der Waals surface area (Å²) in [7, 11) is 0. The van der Waals surface area contributed by atoms with E-state index in [2.05, 4.69) is 10.3 Å². The van der Waals surface area contributed by atoms with Crippen LogP contribution in [0.3, 0.4) is 0 Å². The fourth-order valence-corrected chi connectivity index (χ4v) is 3.34. The molecule has 0 spiro atoms. The second-order valence-electron chi connectivity index (χ2n) is 4.78. The number of nitrogen functional groups attached to an aromatic ring is 1. The Kier molecular flexibility index (Phi) is 4.64. The average molecular weight is 341 g/mol. The minimum absolute atomic E-state index is 0.105. The van der Waals surface area contributed by atoms with E-state index >= 15 is 0 Å². The van der Waals surface area contributed by atoms with Gasteiger partial charge in [0.15, 0.2) is 5.13 Å². The molecule has 1 heterocycles. The van der Waals surface area contributed by atoms with E-state index < -0.39 is 0 Å². The molecule has 0 amide bonds. The fraction of sp³-hybridized carbons (Fsp3) is 0.0588. The summed E-state index contributed by atoms with van der Waals surface area (Å²) in [6.45, 7) is 0. The molecule has 1 aromatic heterocycles. The first-order valence-electron chi connectivity index (χ1n) is 6.94. The lowest BCUT2D eigenvalue weighted by Gasteiger charge is -2.02. The smallest absolute Gasteiger partial charge is 0.206 e. The molecule has 0 radical (unpaired) electrons. The van der Waals surface area contributed by atoms with E-state index in [0.29, 0.717) is 15.6 Å². The van der Waals surface area contributed by atoms with Gasteiger partial charge in [-0.05, 0) is 30.5 Å². The van der Waals surface area contributed by atoms with Crippen molar-refractivity contribution in [2.45, 2.75) is 4.90 Å². The molecule has 116 valence electrons. The van der Waals surface area contributed by atoms with Gasteiger partial charge in [0.25, 0.3) is 0 Å². The van der Waals surface area contributed by atoms with Gasteiger partial charge < -0.3 is 11.1 Å². The predicted octanol–water partition coefficient (Wildman–Crippen LogP) is 4.42. The van der Waals surface area contributed by atoms with Crippen LogP contribution in [0.5, 0.6) is 0 Å². The lowest BCUT2D eigenvalue weighted by molar-refractivity contribution is 0.104. The van der Waals surface area contributed by atoms with Crippen LogP contribution in [0.2, 0.25) is 0 Å². The molecule has 0 bridgehead atoms. The number of carbonyl (C=O) groups excluding carboxylic acids is 1. The third-order valence-electron chi connectivity index (χ3n) is 3.24. The number of hydrogen-bond donors (Lipinski definition) is 2. The van der Waals surface area contributed by atoms with Crippen molar-refractivity contribution in [3.05, 3.63) is 65.0 Å². The quantitative estimate of drug-likeness (QED) is 0.531. The lowest BCUT2D eigenvalue weighted by atomic mass is 10.1. The maximum absolute atomic E-state index is 12.5. The van der Waals surface area contributed by atoms with Gasteiger partial charge in [-0.1, -0.05) is 41.7 Å². The number of nitrogens with one attached hydrogen (secondary N) is 1.